The molecule has 0 heterocycles. The van der Waals surface area contributed by atoms with Crippen molar-refractivity contribution >= 4 is 6.41 Å². The van der Waals surface area contributed by atoms with E-state index in [1.54, 1.807) is 0 Å². The predicted octanol–water partition coefficient (Wildman–Crippen LogP) is 2.31. The second kappa shape index (κ2) is 4.27. The molecule has 0 aromatic heterocycles. The van der Waals surface area contributed by atoms with Crippen LogP contribution in [-0.2, 0) is 4.79 Å². The van der Waals surface area contributed by atoms with Crippen molar-refractivity contribution in [2.24, 2.45) is 0 Å². The molecule has 1 N–H and O–H groups in total. The van der Waals surface area contributed by atoms with Gasteiger partial charge in [0.05, 0.1) is 0 Å². The van der Waals surface area contributed by atoms with E-state index in [0.717, 1.165) is 6.41 Å². The zero-order valence-electron chi connectivity index (χ0n) is 8.95. The minimum Gasteiger partial charge on any atom is -0.353 e. The molecule has 0 saturated carbocycles. The van der Waals surface area contributed by atoms with Gasteiger partial charge in [-0.3, -0.25) is 4.79 Å². The monoisotopic (exact) mass is 191 g/mol. The smallest absolute Gasteiger partial charge is 0.207 e. The van der Waals surface area contributed by atoms with Crippen molar-refractivity contribution in [3.8, 4) is 0 Å². The Morgan fingerprint density at radius 2 is 1.86 bits per heavy atom. The normalized spacial score (nSPS) is 13.4. The Balaban J connectivity index is 2.84. The van der Waals surface area contributed by atoms with Crippen molar-refractivity contribution < 1.29 is 4.79 Å². The van der Waals surface area contributed by atoms with Crippen molar-refractivity contribution in [1.29, 1.82) is 0 Å². The molecule has 1 aromatic carbocycles. The summed E-state index contributed by atoms with van der Waals surface area (Å²) >= 11 is 0. The van der Waals surface area contributed by atoms with Gasteiger partial charge in [-0.1, -0.05) is 37.3 Å². The van der Waals surface area contributed by atoms with Crippen LogP contribution >= 0.6 is 0 Å². The third-order valence-corrected chi connectivity index (χ3v) is 2.81. The molecule has 14 heavy (non-hydrogen) atoms. The summed E-state index contributed by atoms with van der Waals surface area (Å²) in [6.45, 7) is 6.17. The first kappa shape index (κ1) is 10.8. The minimum atomic E-state index is -0.205. The predicted molar refractivity (Wildman–Crippen MR) is 58.1 cm³/mol. The molecule has 0 fully saturated rings. The lowest BCUT2D eigenvalue weighted by molar-refractivity contribution is -0.111. The van der Waals surface area contributed by atoms with Gasteiger partial charge in [0.25, 0.3) is 0 Å². The molecule has 2 heteroatoms. The van der Waals surface area contributed by atoms with Crippen LogP contribution in [0.15, 0.2) is 30.3 Å². The first-order chi connectivity index (χ1) is 6.58. The molecule has 1 rings (SSSR count). The summed E-state index contributed by atoms with van der Waals surface area (Å²) in [4.78, 5) is 10.4. The number of rotatable bonds is 4. The van der Waals surface area contributed by atoms with E-state index in [-0.39, 0.29) is 5.54 Å². The van der Waals surface area contributed by atoms with Crippen LogP contribution in [0.25, 0.3) is 0 Å². The summed E-state index contributed by atoms with van der Waals surface area (Å²) in [6.07, 6.45) is 0.763. The number of carbonyl (C=O) groups is 1. The van der Waals surface area contributed by atoms with Gasteiger partial charge in [-0.05, 0) is 19.4 Å². The molecule has 0 bridgehead atoms. The highest BCUT2D eigenvalue weighted by Crippen LogP contribution is 2.26. The number of carbonyl (C=O) groups excluding carboxylic acids is 1. The quantitative estimate of drug-likeness (QED) is 0.727. The third kappa shape index (κ3) is 2.34. The Morgan fingerprint density at radius 3 is 2.36 bits per heavy atom. The van der Waals surface area contributed by atoms with Crippen LogP contribution in [0, 0.1) is 0 Å². The van der Waals surface area contributed by atoms with Crippen molar-refractivity contribution in [2.45, 2.75) is 32.2 Å². The fourth-order valence-corrected chi connectivity index (χ4v) is 1.44. The highest BCUT2D eigenvalue weighted by Gasteiger charge is 2.25. The Morgan fingerprint density at radius 1 is 1.29 bits per heavy atom. The summed E-state index contributed by atoms with van der Waals surface area (Å²) in [5.74, 6) is 0.300. The molecule has 2 nitrogen and oxygen atoms in total. The Labute approximate surface area is 85.3 Å². The van der Waals surface area contributed by atoms with Gasteiger partial charge in [0.15, 0.2) is 0 Å². The fourth-order valence-electron chi connectivity index (χ4n) is 1.44. The molecular formula is C12H17NO. The lowest BCUT2D eigenvalue weighted by Gasteiger charge is -2.31. The van der Waals surface area contributed by atoms with Gasteiger partial charge in [-0.2, -0.15) is 0 Å². The van der Waals surface area contributed by atoms with E-state index in [0.29, 0.717) is 5.92 Å². The van der Waals surface area contributed by atoms with Crippen LogP contribution in [0.3, 0.4) is 0 Å². The van der Waals surface area contributed by atoms with Gasteiger partial charge < -0.3 is 5.32 Å². The topological polar surface area (TPSA) is 29.1 Å². The molecule has 1 unspecified atom stereocenters. The molecule has 1 atom stereocenters. The van der Waals surface area contributed by atoms with Crippen molar-refractivity contribution in [1.82, 2.24) is 5.32 Å². The summed E-state index contributed by atoms with van der Waals surface area (Å²) in [7, 11) is 0. The molecule has 1 aromatic rings. The number of amides is 1. The minimum absolute atomic E-state index is 0.205. The van der Waals surface area contributed by atoms with Gasteiger partial charge in [0.2, 0.25) is 6.41 Å². The zero-order chi connectivity index (χ0) is 10.6. The van der Waals surface area contributed by atoms with Crippen molar-refractivity contribution in [3.05, 3.63) is 35.9 Å². The zero-order valence-corrected chi connectivity index (χ0v) is 8.95. The van der Waals surface area contributed by atoms with Crippen LogP contribution in [0.5, 0.6) is 0 Å². The van der Waals surface area contributed by atoms with Crippen LogP contribution in [0.4, 0.5) is 0 Å². The van der Waals surface area contributed by atoms with E-state index in [1.807, 2.05) is 32.0 Å². The van der Waals surface area contributed by atoms with Crippen LogP contribution in [-0.4, -0.2) is 11.9 Å². The molecule has 0 aliphatic heterocycles. The summed E-state index contributed by atoms with van der Waals surface area (Å²) in [5, 5.41) is 2.84. The lowest BCUT2D eigenvalue weighted by atomic mass is 9.83. The molecule has 0 saturated heterocycles. The van der Waals surface area contributed by atoms with E-state index >= 15 is 0 Å². The summed E-state index contributed by atoms with van der Waals surface area (Å²) < 4.78 is 0. The van der Waals surface area contributed by atoms with Gasteiger partial charge in [-0.25, -0.2) is 0 Å². The van der Waals surface area contributed by atoms with E-state index in [9.17, 15) is 4.79 Å². The average Bonchev–Trinajstić information content (AvgIpc) is 2.18. The van der Waals surface area contributed by atoms with Gasteiger partial charge >= 0.3 is 0 Å². The summed E-state index contributed by atoms with van der Waals surface area (Å²) in [5.41, 5.74) is 1.04. The van der Waals surface area contributed by atoms with Gasteiger partial charge in [-0.15, -0.1) is 0 Å². The average molecular weight is 191 g/mol. The standard InChI is InChI=1S/C12H17NO/c1-10(12(2,3)13-9-14)11-7-5-4-6-8-11/h4-10H,1-3H3,(H,13,14). The maximum Gasteiger partial charge on any atom is 0.207 e. The van der Waals surface area contributed by atoms with E-state index in [2.05, 4.69) is 24.4 Å². The second-order valence-corrected chi connectivity index (χ2v) is 4.12. The maximum absolute atomic E-state index is 10.4. The molecule has 0 spiro atoms. The number of hydrogen-bond donors (Lipinski definition) is 1. The maximum atomic E-state index is 10.4. The Bertz CT molecular complexity index is 292. The largest absolute Gasteiger partial charge is 0.353 e. The molecule has 76 valence electrons. The van der Waals surface area contributed by atoms with Crippen molar-refractivity contribution in [3.63, 3.8) is 0 Å². The van der Waals surface area contributed by atoms with Crippen LogP contribution in [0.1, 0.15) is 32.3 Å². The molecule has 1 amide bonds. The molecule has 0 radical (unpaired) electrons. The lowest BCUT2D eigenvalue weighted by Crippen LogP contribution is -2.42. The second-order valence-electron chi connectivity index (χ2n) is 4.12. The number of nitrogens with one attached hydrogen (secondary N) is 1. The first-order valence-electron chi connectivity index (χ1n) is 4.84. The first-order valence-corrected chi connectivity index (χ1v) is 4.84. The van der Waals surface area contributed by atoms with E-state index in [1.165, 1.54) is 5.56 Å². The highest BCUT2D eigenvalue weighted by molar-refractivity contribution is 5.48. The Kier molecular flexibility index (Phi) is 3.28. The number of benzene rings is 1. The summed E-state index contributed by atoms with van der Waals surface area (Å²) in [6, 6.07) is 10.2. The molecule has 0 aliphatic carbocycles. The number of hydrogen-bond acceptors (Lipinski definition) is 1. The van der Waals surface area contributed by atoms with E-state index in [4.69, 9.17) is 0 Å². The third-order valence-electron chi connectivity index (χ3n) is 2.81. The van der Waals surface area contributed by atoms with Gasteiger partial charge in [0, 0.05) is 11.5 Å². The van der Waals surface area contributed by atoms with Crippen LogP contribution < -0.4 is 5.32 Å². The van der Waals surface area contributed by atoms with Gasteiger partial charge in [0.1, 0.15) is 0 Å². The molecular weight excluding hydrogens is 174 g/mol. The molecule has 0 aliphatic rings. The Hall–Kier alpha value is -1.31. The highest BCUT2D eigenvalue weighted by atomic mass is 16.1. The SMILES string of the molecule is CC(c1ccccc1)C(C)(C)NC=O. The fraction of sp³-hybridized carbons (Fsp3) is 0.417. The van der Waals surface area contributed by atoms with Crippen molar-refractivity contribution in [2.75, 3.05) is 0 Å². The van der Waals surface area contributed by atoms with Crippen LogP contribution in [0.2, 0.25) is 0 Å². The van der Waals surface area contributed by atoms with E-state index < -0.39 is 0 Å².